The first-order chi connectivity index (χ1) is 11.6. The van der Waals surface area contributed by atoms with Crippen LogP contribution in [0.2, 0.25) is 0 Å². The molecule has 2 bridgehead atoms. The summed E-state index contributed by atoms with van der Waals surface area (Å²) in [7, 11) is -1.16. The lowest BCUT2D eigenvalue weighted by Gasteiger charge is -2.32. The van der Waals surface area contributed by atoms with Crippen molar-refractivity contribution in [2.24, 2.45) is 11.8 Å². The Kier molecular flexibility index (Phi) is 4.00. The van der Waals surface area contributed by atoms with Crippen molar-refractivity contribution in [1.82, 2.24) is 0 Å². The minimum atomic E-state index is -2.79. The van der Waals surface area contributed by atoms with Crippen LogP contribution in [0.15, 0.2) is 48.5 Å². The highest BCUT2D eigenvalue weighted by Gasteiger charge is 2.49. The van der Waals surface area contributed by atoms with E-state index in [1.165, 1.54) is 31.4 Å². The van der Waals surface area contributed by atoms with Gasteiger partial charge >= 0.3 is 0 Å². The lowest BCUT2D eigenvalue weighted by Crippen LogP contribution is -2.29. The topological polar surface area (TPSA) is 26.3 Å². The largest absolute Gasteiger partial charge is 0.497 e. The number of hydrogen-bond acceptors (Lipinski definition) is 2. The normalized spacial score (nSPS) is 27.8. The number of benzene rings is 2. The van der Waals surface area contributed by atoms with Crippen molar-refractivity contribution in [1.29, 1.82) is 0 Å². The van der Waals surface area contributed by atoms with E-state index in [1.807, 2.05) is 24.3 Å². The van der Waals surface area contributed by atoms with Crippen LogP contribution in [0, 0.1) is 17.7 Å². The molecule has 4 unspecified atom stereocenters. The Hall–Kier alpha value is -1.60. The molecule has 2 saturated carbocycles. The highest BCUT2D eigenvalue weighted by molar-refractivity contribution is 7.79. The van der Waals surface area contributed by atoms with Gasteiger partial charge in [-0.2, -0.15) is 0 Å². The van der Waals surface area contributed by atoms with Gasteiger partial charge in [0.05, 0.1) is 7.11 Å². The van der Waals surface area contributed by atoms with Crippen molar-refractivity contribution < 1.29 is 13.7 Å². The number of ether oxygens (including phenoxy) is 1. The van der Waals surface area contributed by atoms with Gasteiger partial charge in [0.2, 0.25) is 0 Å². The first kappa shape index (κ1) is 15.9. The van der Waals surface area contributed by atoms with E-state index in [-0.39, 0.29) is 11.5 Å². The molecule has 0 aromatic heterocycles. The van der Waals surface area contributed by atoms with Crippen LogP contribution in [0.5, 0.6) is 5.75 Å². The van der Waals surface area contributed by atoms with Crippen molar-refractivity contribution >= 4 is 17.8 Å². The van der Waals surface area contributed by atoms with Crippen molar-refractivity contribution in [2.75, 3.05) is 7.11 Å². The lowest BCUT2D eigenvalue weighted by molar-refractivity contribution is 0.415. The molecular formula is C20H22FO2P. The Labute approximate surface area is 142 Å². The van der Waals surface area contributed by atoms with E-state index >= 15 is 0 Å². The number of methoxy groups -OCH3 is 1. The predicted molar refractivity (Wildman–Crippen MR) is 95.5 cm³/mol. The van der Waals surface area contributed by atoms with Crippen LogP contribution >= 0.6 is 7.14 Å². The van der Waals surface area contributed by atoms with Crippen LogP contribution in [0.4, 0.5) is 4.39 Å². The van der Waals surface area contributed by atoms with Gasteiger partial charge in [-0.3, -0.25) is 0 Å². The SMILES string of the molecule is COc1ccc(P(=O)(c2ccc(F)cc2)C2CC3CCC2C3)cc1. The molecule has 2 aliphatic rings. The summed E-state index contributed by atoms with van der Waals surface area (Å²) in [6.07, 6.45) is 4.68. The van der Waals surface area contributed by atoms with Crippen molar-refractivity contribution in [3.05, 3.63) is 54.3 Å². The molecule has 4 heteroatoms. The van der Waals surface area contributed by atoms with Gasteiger partial charge in [0, 0.05) is 16.3 Å². The van der Waals surface area contributed by atoms with E-state index in [1.54, 1.807) is 19.2 Å². The zero-order chi connectivity index (χ0) is 16.7. The molecule has 2 nitrogen and oxygen atoms in total. The summed E-state index contributed by atoms with van der Waals surface area (Å²) in [6.45, 7) is 0. The molecule has 24 heavy (non-hydrogen) atoms. The number of rotatable bonds is 4. The second kappa shape index (κ2) is 6.04. The van der Waals surface area contributed by atoms with Crippen molar-refractivity contribution in [3.63, 3.8) is 0 Å². The number of fused-ring (bicyclic) bond motifs is 2. The molecule has 0 radical (unpaired) electrons. The summed E-state index contributed by atoms with van der Waals surface area (Å²) in [5, 5.41) is 1.65. The molecule has 2 aromatic rings. The van der Waals surface area contributed by atoms with Gasteiger partial charge in [-0.05, 0) is 79.6 Å². The number of halogens is 1. The Morgan fingerprint density at radius 1 is 0.958 bits per heavy atom. The van der Waals surface area contributed by atoms with Gasteiger partial charge in [0.1, 0.15) is 18.7 Å². The van der Waals surface area contributed by atoms with E-state index < -0.39 is 7.14 Å². The van der Waals surface area contributed by atoms with Gasteiger partial charge in [0.15, 0.2) is 0 Å². The van der Waals surface area contributed by atoms with E-state index in [0.717, 1.165) is 22.8 Å². The Morgan fingerprint density at radius 2 is 1.58 bits per heavy atom. The molecule has 0 amide bonds. The molecular weight excluding hydrogens is 322 g/mol. The maximum absolute atomic E-state index is 14.4. The van der Waals surface area contributed by atoms with E-state index in [9.17, 15) is 8.96 Å². The summed E-state index contributed by atoms with van der Waals surface area (Å²) in [5.41, 5.74) is 0.190. The second-order valence-corrected chi connectivity index (χ2v) is 10.1. The first-order valence-corrected chi connectivity index (χ1v) is 10.4. The van der Waals surface area contributed by atoms with Gasteiger partial charge in [-0.1, -0.05) is 6.42 Å². The monoisotopic (exact) mass is 344 g/mol. The van der Waals surface area contributed by atoms with Crippen molar-refractivity contribution in [3.8, 4) is 5.75 Å². The molecule has 0 N–H and O–H groups in total. The zero-order valence-corrected chi connectivity index (χ0v) is 14.7. The van der Waals surface area contributed by atoms with Gasteiger partial charge < -0.3 is 9.30 Å². The summed E-state index contributed by atoms with van der Waals surface area (Å²) < 4.78 is 33.0. The molecule has 4 rings (SSSR count). The molecule has 0 saturated heterocycles. The van der Waals surface area contributed by atoms with E-state index in [2.05, 4.69) is 0 Å². The van der Waals surface area contributed by atoms with Gasteiger partial charge in [0.25, 0.3) is 0 Å². The predicted octanol–water partition coefficient (Wildman–Crippen LogP) is 4.34. The van der Waals surface area contributed by atoms with Crippen LogP contribution in [-0.2, 0) is 4.57 Å². The second-order valence-electron chi connectivity index (χ2n) is 7.07. The molecule has 0 spiro atoms. The third-order valence-corrected chi connectivity index (χ3v) is 9.53. The van der Waals surface area contributed by atoms with Crippen LogP contribution in [0.3, 0.4) is 0 Å². The summed E-state index contributed by atoms with van der Waals surface area (Å²) >= 11 is 0. The fourth-order valence-electron chi connectivity index (χ4n) is 4.65. The third-order valence-electron chi connectivity index (χ3n) is 5.83. The minimum absolute atomic E-state index is 0.190. The van der Waals surface area contributed by atoms with Crippen molar-refractivity contribution in [2.45, 2.75) is 31.3 Å². The zero-order valence-electron chi connectivity index (χ0n) is 13.8. The van der Waals surface area contributed by atoms with Crippen LogP contribution in [0.1, 0.15) is 25.7 Å². The summed E-state index contributed by atoms with van der Waals surface area (Å²) in [6, 6.07) is 13.9. The van der Waals surface area contributed by atoms with E-state index in [0.29, 0.717) is 11.8 Å². The maximum Gasteiger partial charge on any atom is 0.146 e. The standard InChI is InChI=1S/C20H22FO2P/c1-23-17-6-10-19(11-7-17)24(22,18-8-4-16(21)5-9-18)20-13-14-2-3-15(20)12-14/h4-11,14-15,20H,2-3,12-13H2,1H3. The molecule has 4 atom stereocenters. The average Bonchev–Trinajstić information content (AvgIpc) is 3.25. The number of hydrogen-bond donors (Lipinski definition) is 0. The van der Waals surface area contributed by atoms with E-state index in [4.69, 9.17) is 4.74 Å². The summed E-state index contributed by atoms with van der Waals surface area (Å²) in [4.78, 5) is 0. The Bertz CT molecular complexity index is 769. The smallest absolute Gasteiger partial charge is 0.146 e. The van der Waals surface area contributed by atoms with Crippen LogP contribution < -0.4 is 15.3 Å². The molecule has 2 aromatic carbocycles. The van der Waals surface area contributed by atoms with Gasteiger partial charge in [-0.15, -0.1) is 0 Å². The molecule has 0 aliphatic heterocycles. The molecule has 0 heterocycles. The highest BCUT2D eigenvalue weighted by Crippen LogP contribution is 2.62. The quantitative estimate of drug-likeness (QED) is 0.772. The minimum Gasteiger partial charge on any atom is -0.497 e. The third kappa shape index (κ3) is 2.50. The fourth-order valence-corrected chi connectivity index (χ4v) is 8.36. The molecule has 126 valence electrons. The molecule has 2 aliphatic carbocycles. The summed E-state index contributed by atoms with van der Waals surface area (Å²) in [5.74, 6) is 1.73. The molecule has 2 fully saturated rings. The van der Waals surface area contributed by atoms with Gasteiger partial charge in [-0.25, -0.2) is 4.39 Å². The maximum atomic E-state index is 14.4. The van der Waals surface area contributed by atoms with Crippen LogP contribution in [0.25, 0.3) is 0 Å². The fraction of sp³-hybridized carbons (Fsp3) is 0.400. The average molecular weight is 344 g/mol. The Morgan fingerprint density at radius 3 is 2.08 bits per heavy atom. The first-order valence-electron chi connectivity index (χ1n) is 8.61. The Balaban J connectivity index is 1.82. The highest BCUT2D eigenvalue weighted by atomic mass is 31.2. The van der Waals surface area contributed by atoms with Crippen LogP contribution in [-0.4, -0.2) is 12.8 Å². The lowest BCUT2D eigenvalue weighted by atomic mass is 10.0.